The van der Waals surface area contributed by atoms with E-state index in [2.05, 4.69) is 49.4 Å². The van der Waals surface area contributed by atoms with Crippen molar-refractivity contribution < 1.29 is 14.3 Å². The molecule has 0 aliphatic heterocycles. The summed E-state index contributed by atoms with van der Waals surface area (Å²) in [5.74, 6) is 0.480. The molecule has 0 aliphatic carbocycles. The lowest BCUT2D eigenvalue weighted by molar-refractivity contribution is -0.163. The van der Waals surface area contributed by atoms with E-state index < -0.39 is 11.7 Å². The Morgan fingerprint density at radius 1 is 0.684 bits per heavy atom. The minimum absolute atomic E-state index is 0.269. The largest absolute Gasteiger partial charge is 0.478 e. The minimum Gasteiger partial charge on any atom is -0.478 e. The van der Waals surface area contributed by atoms with Gasteiger partial charge in [0.1, 0.15) is 11.4 Å². The first-order valence-electron chi connectivity index (χ1n) is 15.2. The van der Waals surface area contributed by atoms with Crippen LogP contribution in [0.25, 0.3) is 21.5 Å². The third kappa shape index (κ3) is 10.3. The molecule has 0 amide bonds. The lowest BCUT2D eigenvalue weighted by atomic mass is 10.0. The van der Waals surface area contributed by atoms with Crippen LogP contribution in [0.4, 0.5) is 0 Å². The van der Waals surface area contributed by atoms with Gasteiger partial charge in [-0.2, -0.15) is 0 Å². The van der Waals surface area contributed by atoms with E-state index in [9.17, 15) is 4.79 Å². The van der Waals surface area contributed by atoms with Crippen LogP contribution in [-0.4, -0.2) is 17.7 Å². The molecule has 0 spiro atoms. The minimum atomic E-state index is -0.598. The Balaban J connectivity index is 1.50. The molecule has 3 aromatic rings. The average Bonchev–Trinajstić information content (AvgIpc) is 2.88. The summed E-state index contributed by atoms with van der Waals surface area (Å²) in [7, 11) is 0. The van der Waals surface area contributed by atoms with Gasteiger partial charge in [0.25, 0.3) is 0 Å². The summed E-state index contributed by atoms with van der Waals surface area (Å²) in [6.07, 6.45) is 17.0. The van der Waals surface area contributed by atoms with Gasteiger partial charge in [-0.25, -0.2) is 4.79 Å². The summed E-state index contributed by atoms with van der Waals surface area (Å²) in [6.45, 7) is 8.02. The average molecular weight is 519 g/mol. The smallest absolute Gasteiger partial charge is 0.347 e. The van der Waals surface area contributed by atoms with E-state index in [1.54, 1.807) is 0 Å². The van der Waals surface area contributed by atoms with Crippen molar-refractivity contribution in [3.63, 3.8) is 0 Å². The van der Waals surface area contributed by atoms with Gasteiger partial charge in [-0.05, 0) is 68.0 Å². The van der Waals surface area contributed by atoms with Crippen molar-refractivity contribution >= 4 is 27.5 Å². The van der Waals surface area contributed by atoms with E-state index in [0.717, 1.165) is 29.4 Å². The SMILES string of the molecule is CCCCCCCCCCCCCCCC(Oc1cccc2cc3ccccc3cc12)C(=O)OC(C)(C)C. The van der Waals surface area contributed by atoms with E-state index in [1.165, 1.54) is 81.4 Å². The van der Waals surface area contributed by atoms with Crippen molar-refractivity contribution in [2.45, 2.75) is 129 Å². The summed E-state index contributed by atoms with van der Waals surface area (Å²) in [6, 6.07) is 18.8. The molecule has 0 fully saturated rings. The summed E-state index contributed by atoms with van der Waals surface area (Å²) in [5, 5.41) is 4.52. The van der Waals surface area contributed by atoms with Gasteiger partial charge < -0.3 is 9.47 Å². The first-order chi connectivity index (χ1) is 18.4. The Morgan fingerprint density at radius 3 is 1.79 bits per heavy atom. The molecule has 0 heterocycles. The highest BCUT2D eigenvalue weighted by atomic mass is 16.6. The van der Waals surface area contributed by atoms with E-state index in [1.807, 2.05) is 32.9 Å². The zero-order valence-electron chi connectivity index (χ0n) is 24.4. The van der Waals surface area contributed by atoms with E-state index in [0.29, 0.717) is 6.42 Å². The maximum Gasteiger partial charge on any atom is 0.347 e. The molecule has 3 rings (SSSR count). The summed E-state index contributed by atoms with van der Waals surface area (Å²) < 4.78 is 12.2. The molecule has 3 heteroatoms. The standard InChI is InChI=1S/C35H50O3/c1-5-6-7-8-9-10-11-12-13-14-15-16-17-24-33(34(36)38-35(2,3)4)37-32-25-20-23-30-26-28-21-18-19-22-29(28)27-31(30)32/h18-23,25-27,33H,5-17,24H2,1-4H3. The van der Waals surface area contributed by atoms with Crippen LogP contribution >= 0.6 is 0 Å². The highest BCUT2D eigenvalue weighted by molar-refractivity contribution is 6.01. The van der Waals surface area contributed by atoms with Gasteiger partial charge in [-0.15, -0.1) is 0 Å². The van der Waals surface area contributed by atoms with Crippen molar-refractivity contribution in [2.75, 3.05) is 0 Å². The van der Waals surface area contributed by atoms with Crippen molar-refractivity contribution in [3.05, 3.63) is 54.6 Å². The zero-order valence-corrected chi connectivity index (χ0v) is 24.4. The number of ether oxygens (including phenoxy) is 2. The third-order valence-corrected chi connectivity index (χ3v) is 7.22. The number of esters is 1. The number of carbonyl (C=O) groups excluding carboxylic acids is 1. The molecular formula is C35H50O3. The number of unbranched alkanes of at least 4 members (excludes halogenated alkanes) is 12. The molecule has 0 aromatic heterocycles. The van der Waals surface area contributed by atoms with Crippen molar-refractivity contribution in [2.24, 2.45) is 0 Å². The Labute approximate surface area is 231 Å². The van der Waals surface area contributed by atoms with E-state index in [-0.39, 0.29) is 5.97 Å². The summed E-state index contributed by atoms with van der Waals surface area (Å²) in [5.41, 5.74) is -0.538. The number of hydrogen-bond acceptors (Lipinski definition) is 3. The molecule has 0 N–H and O–H groups in total. The van der Waals surface area contributed by atoms with Crippen LogP contribution in [0.5, 0.6) is 5.75 Å². The molecule has 208 valence electrons. The maximum atomic E-state index is 13.1. The van der Waals surface area contributed by atoms with Gasteiger partial charge in [0, 0.05) is 5.39 Å². The second-order valence-corrected chi connectivity index (χ2v) is 11.8. The second-order valence-electron chi connectivity index (χ2n) is 11.8. The molecule has 0 saturated carbocycles. The number of carbonyl (C=O) groups is 1. The Kier molecular flexibility index (Phi) is 12.4. The lowest BCUT2D eigenvalue weighted by Gasteiger charge is -2.25. The normalized spacial score (nSPS) is 12.6. The van der Waals surface area contributed by atoms with Crippen LogP contribution in [0.3, 0.4) is 0 Å². The maximum absolute atomic E-state index is 13.1. The number of rotatable bonds is 17. The number of hydrogen-bond donors (Lipinski definition) is 0. The van der Waals surface area contributed by atoms with Crippen molar-refractivity contribution in [1.82, 2.24) is 0 Å². The molecular weight excluding hydrogens is 468 g/mol. The third-order valence-electron chi connectivity index (χ3n) is 7.22. The topological polar surface area (TPSA) is 35.5 Å². The molecule has 0 aliphatic rings. The first kappa shape index (κ1) is 30.0. The Hall–Kier alpha value is -2.55. The molecule has 1 atom stereocenters. The predicted molar refractivity (Wildman–Crippen MR) is 162 cm³/mol. The fourth-order valence-corrected chi connectivity index (χ4v) is 5.13. The van der Waals surface area contributed by atoms with Crippen molar-refractivity contribution in [1.29, 1.82) is 0 Å². The van der Waals surface area contributed by atoms with Crippen LogP contribution in [0, 0.1) is 0 Å². The van der Waals surface area contributed by atoms with Gasteiger partial charge in [0.05, 0.1) is 0 Å². The quantitative estimate of drug-likeness (QED) is 0.101. The molecule has 0 radical (unpaired) electrons. The number of fused-ring (bicyclic) bond motifs is 2. The fraction of sp³-hybridized carbons (Fsp3) is 0.571. The van der Waals surface area contributed by atoms with Gasteiger partial charge in [0.15, 0.2) is 6.10 Å². The summed E-state index contributed by atoms with van der Waals surface area (Å²) >= 11 is 0. The molecule has 3 aromatic carbocycles. The first-order valence-corrected chi connectivity index (χ1v) is 15.2. The van der Waals surface area contributed by atoms with Gasteiger partial charge >= 0.3 is 5.97 Å². The summed E-state index contributed by atoms with van der Waals surface area (Å²) in [4.78, 5) is 13.1. The van der Waals surface area contributed by atoms with Crippen LogP contribution in [0.2, 0.25) is 0 Å². The van der Waals surface area contributed by atoms with E-state index >= 15 is 0 Å². The van der Waals surface area contributed by atoms with Crippen LogP contribution in [0.15, 0.2) is 54.6 Å². The molecule has 38 heavy (non-hydrogen) atoms. The number of benzene rings is 3. The zero-order chi connectivity index (χ0) is 27.2. The van der Waals surface area contributed by atoms with E-state index in [4.69, 9.17) is 9.47 Å². The van der Waals surface area contributed by atoms with Gasteiger partial charge in [0.2, 0.25) is 0 Å². The predicted octanol–water partition coefficient (Wildman–Crippen LogP) is 10.6. The van der Waals surface area contributed by atoms with Gasteiger partial charge in [-0.1, -0.05) is 120 Å². The molecule has 0 saturated heterocycles. The molecule has 0 bridgehead atoms. The lowest BCUT2D eigenvalue weighted by Crippen LogP contribution is -2.35. The Bertz CT molecular complexity index is 1110. The Morgan fingerprint density at radius 2 is 1.21 bits per heavy atom. The second kappa shape index (κ2) is 15.8. The van der Waals surface area contributed by atoms with Crippen molar-refractivity contribution in [3.8, 4) is 5.75 Å². The fourth-order valence-electron chi connectivity index (χ4n) is 5.13. The molecule has 1 unspecified atom stereocenters. The van der Waals surface area contributed by atoms with Gasteiger partial charge in [-0.3, -0.25) is 0 Å². The monoisotopic (exact) mass is 518 g/mol. The van der Waals surface area contributed by atoms with Crippen LogP contribution < -0.4 is 4.74 Å². The highest BCUT2D eigenvalue weighted by Crippen LogP contribution is 2.31. The molecule has 3 nitrogen and oxygen atoms in total. The highest BCUT2D eigenvalue weighted by Gasteiger charge is 2.27. The van der Waals surface area contributed by atoms with Crippen LogP contribution in [0.1, 0.15) is 118 Å². The van der Waals surface area contributed by atoms with Crippen LogP contribution in [-0.2, 0) is 9.53 Å².